The molecule has 0 aliphatic carbocycles. The minimum absolute atomic E-state index is 0. The number of aryl methyl sites for hydroxylation is 2. The Balaban J connectivity index is 0.00000243. The van der Waals surface area contributed by atoms with E-state index < -0.39 is 0 Å². The molecule has 2 aliphatic rings. The highest BCUT2D eigenvalue weighted by molar-refractivity contribution is 5.85. The van der Waals surface area contributed by atoms with Crippen molar-refractivity contribution < 1.29 is 14.3 Å². The standard InChI is InChI=1S/C17H27N5O3.ClH/c1-12-17(13(2)20(3)19-12)25-11-16(24)21-7-4-5-14(10-21)22-8-6-18-9-15(22)23;/h14,18H,4-11H2,1-3H3;1H. The van der Waals surface area contributed by atoms with Crippen molar-refractivity contribution in [1.29, 1.82) is 0 Å². The Morgan fingerprint density at radius 3 is 2.77 bits per heavy atom. The van der Waals surface area contributed by atoms with Gasteiger partial charge in [-0.15, -0.1) is 12.4 Å². The number of halogens is 1. The number of likely N-dealkylation sites (tertiary alicyclic amines) is 1. The molecule has 8 nitrogen and oxygen atoms in total. The van der Waals surface area contributed by atoms with E-state index in [0.717, 1.165) is 43.9 Å². The number of hydrogen-bond acceptors (Lipinski definition) is 5. The summed E-state index contributed by atoms with van der Waals surface area (Å²) in [6.07, 6.45) is 1.87. The van der Waals surface area contributed by atoms with E-state index in [1.807, 2.05) is 30.7 Å². The van der Waals surface area contributed by atoms with Crippen LogP contribution in [0.1, 0.15) is 24.2 Å². The highest BCUT2D eigenvalue weighted by Gasteiger charge is 2.31. The van der Waals surface area contributed by atoms with Gasteiger partial charge < -0.3 is 19.9 Å². The first-order chi connectivity index (χ1) is 12.0. The Kier molecular flexibility index (Phi) is 6.88. The van der Waals surface area contributed by atoms with Crippen LogP contribution in [0.25, 0.3) is 0 Å². The van der Waals surface area contributed by atoms with Crippen molar-refractivity contribution in [2.75, 3.05) is 39.3 Å². The lowest BCUT2D eigenvalue weighted by Gasteiger charge is -2.41. The van der Waals surface area contributed by atoms with Gasteiger partial charge in [0.25, 0.3) is 5.91 Å². The Labute approximate surface area is 160 Å². The van der Waals surface area contributed by atoms with Crippen LogP contribution in [0, 0.1) is 13.8 Å². The largest absolute Gasteiger partial charge is 0.480 e. The third kappa shape index (κ3) is 4.29. The van der Waals surface area contributed by atoms with Gasteiger partial charge in [0, 0.05) is 39.3 Å². The third-order valence-electron chi connectivity index (χ3n) is 5.10. The lowest BCUT2D eigenvalue weighted by Crippen LogP contribution is -2.57. The van der Waals surface area contributed by atoms with Gasteiger partial charge in [-0.25, -0.2) is 0 Å². The highest BCUT2D eigenvalue weighted by atomic mass is 35.5. The zero-order chi connectivity index (χ0) is 18.0. The van der Waals surface area contributed by atoms with E-state index >= 15 is 0 Å². The molecule has 1 aromatic heterocycles. The monoisotopic (exact) mass is 385 g/mol. The molecule has 1 aromatic rings. The van der Waals surface area contributed by atoms with Crippen molar-refractivity contribution >= 4 is 24.2 Å². The Bertz CT molecular complexity index is 663. The lowest BCUT2D eigenvalue weighted by atomic mass is 10.0. The van der Waals surface area contributed by atoms with Crippen LogP contribution in [-0.2, 0) is 16.6 Å². The highest BCUT2D eigenvalue weighted by Crippen LogP contribution is 2.22. The van der Waals surface area contributed by atoms with Gasteiger partial charge in [-0.1, -0.05) is 0 Å². The SMILES string of the molecule is Cc1nn(C)c(C)c1OCC(=O)N1CCCC(N2CCNCC2=O)C1.Cl. The van der Waals surface area contributed by atoms with Crippen LogP contribution in [0.3, 0.4) is 0 Å². The summed E-state index contributed by atoms with van der Waals surface area (Å²) in [6.45, 7) is 7.06. The van der Waals surface area contributed by atoms with Crippen molar-refractivity contribution in [3.63, 3.8) is 0 Å². The number of nitrogens with one attached hydrogen (secondary N) is 1. The average Bonchev–Trinajstić information content (AvgIpc) is 2.85. The number of hydrogen-bond donors (Lipinski definition) is 1. The molecule has 2 amide bonds. The minimum atomic E-state index is -0.0325. The van der Waals surface area contributed by atoms with E-state index in [1.54, 1.807) is 4.68 Å². The number of nitrogens with zero attached hydrogens (tertiary/aromatic N) is 4. The van der Waals surface area contributed by atoms with E-state index in [1.165, 1.54) is 0 Å². The number of aromatic nitrogens is 2. The summed E-state index contributed by atoms with van der Waals surface area (Å²) >= 11 is 0. The summed E-state index contributed by atoms with van der Waals surface area (Å²) < 4.78 is 7.49. The second-order valence-corrected chi connectivity index (χ2v) is 6.81. The fraction of sp³-hybridized carbons (Fsp3) is 0.706. The summed E-state index contributed by atoms with van der Waals surface area (Å²) in [5, 5.41) is 7.39. The van der Waals surface area contributed by atoms with Gasteiger partial charge >= 0.3 is 0 Å². The quantitative estimate of drug-likeness (QED) is 0.804. The summed E-state index contributed by atoms with van der Waals surface area (Å²) in [5.41, 5.74) is 1.70. The maximum absolute atomic E-state index is 12.6. The number of rotatable bonds is 4. The molecule has 9 heteroatoms. The van der Waals surface area contributed by atoms with E-state index in [9.17, 15) is 9.59 Å². The molecule has 1 unspecified atom stereocenters. The van der Waals surface area contributed by atoms with Crippen molar-refractivity contribution in [2.24, 2.45) is 7.05 Å². The van der Waals surface area contributed by atoms with Crippen molar-refractivity contribution in [2.45, 2.75) is 32.7 Å². The number of piperazine rings is 1. The summed E-state index contributed by atoms with van der Waals surface area (Å²) in [5.74, 6) is 0.778. The van der Waals surface area contributed by atoms with Crippen molar-refractivity contribution in [3.05, 3.63) is 11.4 Å². The van der Waals surface area contributed by atoms with Gasteiger partial charge in [0.1, 0.15) is 5.69 Å². The Morgan fingerprint density at radius 1 is 1.35 bits per heavy atom. The van der Waals surface area contributed by atoms with E-state index in [0.29, 0.717) is 18.8 Å². The van der Waals surface area contributed by atoms with Gasteiger partial charge in [0.05, 0.1) is 12.2 Å². The molecule has 0 radical (unpaired) electrons. The van der Waals surface area contributed by atoms with E-state index in [-0.39, 0.29) is 36.9 Å². The molecule has 3 heterocycles. The fourth-order valence-electron chi connectivity index (χ4n) is 3.63. The van der Waals surface area contributed by atoms with Gasteiger partial charge in [-0.2, -0.15) is 5.10 Å². The molecule has 1 N–H and O–H groups in total. The smallest absolute Gasteiger partial charge is 0.260 e. The Morgan fingerprint density at radius 2 is 2.12 bits per heavy atom. The van der Waals surface area contributed by atoms with Crippen LogP contribution < -0.4 is 10.1 Å². The number of carbonyl (C=O) groups is 2. The topological polar surface area (TPSA) is 79.7 Å². The van der Waals surface area contributed by atoms with Crippen molar-refractivity contribution in [3.8, 4) is 5.75 Å². The van der Waals surface area contributed by atoms with Crippen LogP contribution in [-0.4, -0.2) is 76.8 Å². The Hall–Kier alpha value is -1.80. The van der Waals surface area contributed by atoms with Crippen LogP contribution >= 0.6 is 12.4 Å². The minimum Gasteiger partial charge on any atom is -0.480 e. The molecular formula is C17H28ClN5O3. The second-order valence-electron chi connectivity index (χ2n) is 6.81. The van der Waals surface area contributed by atoms with Gasteiger partial charge in [0.2, 0.25) is 5.91 Å². The number of carbonyl (C=O) groups excluding carboxylic acids is 2. The maximum atomic E-state index is 12.6. The van der Waals surface area contributed by atoms with E-state index in [4.69, 9.17) is 4.74 Å². The molecular weight excluding hydrogens is 358 g/mol. The van der Waals surface area contributed by atoms with Crippen LogP contribution in [0.15, 0.2) is 0 Å². The predicted octanol–water partition coefficient (Wildman–Crippen LogP) is 0.260. The summed E-state index contributed by atoms with van der Waals surface area (Å²) in [6, 6.07) is 0.120. The first-order valence-electron chi connectivity index (χ1n) is 8.88. The second kappa shape index (κ2) is 8.73. The molecule has 0 saturated carbocycles. The van der Waals surface area contributed by atoms with Gasteiger partial charge in [-0.05, 0) is 26.7 Å². The molecule has 0 aromatic carbocycles. The molecule has 2 aliphatic heterocycles. The van der Waals surface area contributed by atoms with E-state index in [2.05, 4.69) is 10.4 Å². The molecule has 0 spiro atoms. The van der Waals surface area contributed by atoms with Gasteiger partial charge in [0.15, 0.2) is 12.4 Å². The third-order valence-corrected chi connectivity index (χ3v) is 5.10. The van der Waals surface area contributed by atoms with Crippen LogP contribution in [0.4, 0.5) is 0 Å². The zero-order valence-corrected chi connectivity index (χ0v) is 16.5. The molecule has 3 rings (SSSR count). The maximum Gasteiger partial charge on any atom is 0.260 e. The molecule has 0 bridgehead atoms. The summed E-state index contributed by atoms with van der Waals surface area (Å²) in [4.78, 5) is 28.4. The number of ether oxygens (including phenoxy) is 1. The zero-order valence-electron chi connectivity index (χ0n) is 15.7. The first-order valence-corrected chi connectivity index (χ1v) is 8.88. The summed E-state index contributed by atoms with van der Waals surface area (Å²) in [7, 11) is 1.86. The van der Waals surface area contributed by atoms with Gasteiger partial charge in [-0.3, -0.25) is 14.3 Å². The molecule has 26 heavy (non-hydrogen) atoms. The molecule has 146 valence electrons. The molecule has 1 atom stereocenters. The predicted molar refractivity (Wildman–Crippen MR) is 99.6 cm³/mol. The first kappa shape index (κ1) is 20.5. The average molecular weight is 386 g/mol. The molecule has 2 saturated heterocycles. The number of amides is 2. The van der Waals surface area contributed by atoms with Crippen LogP contribution in [0.2, 0.25) is 0 Å². The molecule has 2 fully saturated rings. The van der Waals surface area contributed by atoms with Crippen LogP contribution in [0.5, 0.6) is 5.75 Å². The number of piperidine rings is 1. The lowest BCUT2D eigenvalue weighted by molar-refractivity contribution is -0.141. The van der Waals surface area contributed by atoms with Crippen molar-refractivity contribution in [1.82, 2.24) is 24.9 Å². The fourth-order valence-corrected chi connectivity index (χ4v) is 3.63. The normalized spacial score (nSPS) is 20.7.